The van der Waals surface area contributed by atoms with E-state index in [1.165, 1.54) is 12.8 Å². The van der Waals surface area contributed by atoms with Gasteiger partial charge in [0.1, 0.15) is 5.78 Å². The summed E-state index contributed by atoms with van der Waals surface area (Å²) in [7, 11) is 2.14. The molecule has 0 spiro atoms. The zero-order valence-electron chi connectivity index (χ0n) is 10.8. The molecule has 0 radical (unpaired) electrons. The minimum absolute atomic E-state index is 0.177. The van der Waals surface area contributed by atoms with Gasteiger partial charge in [-0.05, 0) is 32.7 Å². The van der Waals surface area contributed by atoms with E-state index in [0.29, 0.717) is 18.2 Å². The van der Waals surface area contributed by atoms with Crippen LogP contribution < -0.4 is 0 Å². The SMILES string of the molecule is CC(C1CC1)N(C)CCC(=O)C(C)(C)C. The summed E-state index contributed by atoms with van der Waals surface area (Å²) >= 11 is 0. The first kappa shape index (κ1) is 12.7. The molecule has 2 nitrogen and oxygen atoms in total. The van der Waals surface area contributed by atoms with Gasteiger partial charge in [-0.15, -0.1) is 0 Å². The molecular formula is C13H25NO. The van der Waals surface area contributed by atoms with Crippen molar-refractivity contribution < 1.29 is 4.79 Å². The lowest BCUT2D eigenvalue weighted by atomic mass is 9.89. The largest absolute Gasteiger partial charge is 0.303 e. The molecule has 1 unspecified atom stereocenters. The maximum atomic E-state index is 11.8. The van der Waals surface area contributed by atoms with E-state index in [0.717, 1.165) is 12.5 Å². The highest BCUT2D eigenvalue weighted by molar-refractivity contribution is 5.83. The Kier molecular flexibility index (Phi) is 3.93. The van der Waals surface area contributed by atoms with E-state index in [1.807, 2.05) is 20.8 Å². The number of carbonyl (C=O) groups is 1. The second kappa shape index (κ2) is 4.65. The normalized spacial score (nSPS) is 19.3. The van der Waals surface area contributed by atoms with Crippen LogP contribution in [0.5, 0.6) is 0 Å². The van der Waals surface area contributed by atoms with Crippen LogP contribution in [0.4, 0.5) is 0 Å². The number of carbonyl (C=O) groups excluding carboxylic acids is 1. The van der Waals surface area contributed by atoms with Gasteiger partial charge < -0.3 is 4.90 Å². The van der Waals surface area contributed by atoms with Crippen LogP contribution >= 0.6 is 0 Å². The van der Waals surface area contributed by atoms with Crippen molar-refractivity contribution in [3.05, 3.63) is 0 Å². The molecule has 1 aliphatic rings. The highest BCUT2D eigenvalue weighted by Gasteiger charge is 2.30. The third-order valence-electron chi connectivity index (χ3n) is 3.53. The van der Waals surface area contributed by atoms with Crippen molar-refractivity contribution >= 4 is 5.78 Å². The van der Waals surface area contributed by atoms with Crippen LogP contribution in [0.25, 0.3) is 0 Å². The lowest BCUT2D eigenvalue weighted by molar-refractivity contribution is -0.126. The minimum Gasteiger partial charge on any atom is -0.303 e. The Morgan fingerprint density at radius 3 is 2.33 bits per heavy atom. The lowest BCUT2D eigenvalue weighted by Crippen LogP contribution is -2.34. The topological polar surface area (TPSA) is 20.3 Å². The molecule has 0 aromatic carbocycles. The molecule has 1 saturated carbocycles. The van der Waals surface area contributed by atoms with Crippen LogP contribution in [0.3, 0.4) is 0 Å². The Hall–Kier alpha value is -0.370. The van der Waals surface area contributed by atoms with Gasteiger partial charge in [0.2, 0.25) is 0 Å². The highest BCUT2D eigenvalue weighted by atomic mass is 16.1. The molecule has 88 valence electrons. The first-order valence-corrected chi connectivity index (χ1v) is 6.06. The van der Waals surface area contributed by atoms with Crippen LogP contribution in [-0.4, -0.2) is 30.3 Å². The van der Waals surface area contributed by atoms with Crippen molar-refractivity contribution in [2.24, 2.45) is 11.3 Å². The van der Waals surface area contributed by atoms with E-state index >= 15 is 0 Å². The number of ketones is 1. The van der Waals surface area contributed by atoms with E-state index in [9.17, 15) is 4.79 Å². The van der Waals surface area contributed by atoms with Crippen LogP contribution in [0.1, 0.15) is 47.0 Å². The van der Waals surface area contributed by atoms with Crippen molar-refractivity contribution in [3.63, 3.8) is 0 Å². The summed E-state index contributed by atoms with van der Waals surface area (Å²) in [6.07, 6.45) is 3.44. The molecule has 0 N–H and O–H groups in total. The summed E-state index contributed by atoms with van der Waals surface area (Å²) in [5.41, 5.74) is -0.177. The van der Waals surface area contributed by atoms with E-state index in [4.69, 9.17) is 0 Å². The highest BCUT2D eigenvalue weighted by Crippen LogP contribution is 2.34. The van der Waals surface area contributed by atoms with Gasteiger partial charge in [-0.1, -0.05) is 20.8 Å². The molecule has 2 heteroatoms. The molecule has 0 aromatic rings. The summed E-state index contributed by atoms with van der Waals surface area (Å²) in [6.45, 7) is 9.19. The van der Waals surface area contributed by atoms with Gasteiger partial charge in [0.05, 0.1) is 0 Å². The Morgan fingerprint density at radius 2 is 1.93 bits per heavy atom. The summed E-state index contributed by atoms with van der Waals surface area (Å²) in [4.78, 5) is 14.1. The second-order valence-corrected chi connectivity index (χ2v) is 5.98. The van der Waals surface area contributed by atoms with Crippen LogP contribution in [0, 0.1) is 11.3 Å². The average Bonchev–Trinajstić information content (AvgIpc) is 2.93. The second-order valence-electron chi connectivity index (χ2n) is 5.98. The Balaban J connectivity index is 2.27. The van der Waals surface area contributed by atoms with Gasteiger partial charge in [0.25, 0.3) is 0 Å². The van der Waals surface area contributed by atoms with Crippen molar-refractivity contribution in [2.75, 3.05) is 13.6 Å². The standard InChI is InChI=1S/C13H25NO/c1-10(11-6-7-11)14(5)9-8-12(15)13(2,3)4/h10-11H,6-9H2,1-5H3. The molecule has 1 fully saturated rings. The molecule has 0 amide bonds. The van der Waals surface area contributed by atoms with Crippen molar-refractivity contribution in [3.8, 4) is 0 Å². The van der Waals surface area contributed by atoms with Gasteiger partial charge in [-0.3, -0.25) is 4.79 Å². The quantitative estimate of drug-likeness (QED) is 0.697. The van der Waals surface area contributed by atoms with E-state index in [2.05, 4.69) is 18.9 Å². The summed E-state index contributed by atoms with van der Waals surface area (Å²) < 4.78 is 0. The first-order chi connectivity index (χ1) is 6.82. The van der Waals surface area contributed by atoms with E-state index < -0.39 is 0 Å². The Bertz CT molecular complexity index is 225. The fourth-order valence-corrected chi connectivity index (χ4v) is 1.80. The van der Waals surface area contributed by atoms with E-state index in [-0.39, 0.29) is 5.41 Å². The van der Waals surface area contributed by atoms with E-state index in [1.54, 1.807) is 0 Å². The molecular weight excluding hydrogens is 186 g/mol. The molecule has 0 heterocycles. The van der Waals surface area contributed by atoms with Crippen molar-refractivity contribution in [1.29, 1.82) is 0 Å². The first-order valence-electron chi connectivity index (χ1n) is 6.06. The molecule has 15 heavy (non-hydrogen) atoms. The zero-order chi connectivity index (χ0) is 11.6. The van der Waals surface area contributed by atoms with Gasteiger partial charge in [-0.2, -0.15) is 0 Å². The molecule has 0 aliphatic heterocycles. The maximum Gasteiger partial charge on any atom is 0.139 e. The van der Waals surface area contributed by atoms with Gasteiger partial charge in [0, 0.05) is 24.4 Å². The lowest BCUT2D eigenvalue weighted by Gasteiger charge is -2.25. The van der Waals surface area contributed by atoms with Crippen LogP contribution in [-0.2, 0) is 4.79 Å². The maximum absolute atomic E-state index is 11.8. The van der Waals surface area contributed by atoms with Gasteiger partial charge in [0.15, 0.2) is 0 Å². The number of nitrogens with zero attached hydrogens (tertiary/aromatic N) is 1. The number of rotatable bonds is 5. The Morgan fingerprint density at radius 1 is 1.40 bits per heavy atom. The van der Waals surface area contributed by atoms with Crippen LogP contribution in [0.2, 0.25) is 0 Å². The smallest absolute Gasteiger partial charge is 0.139 e. The molecule has 0 bridgehead atoms. The minimum atomic E-state index is -0.177. The molecule has 0 aromatic heterocycles. The number of Topliss-reactive ketones (excluding diaryl/α,β-unsaturated/α-hetero) is 1. The van der Waals surface area contributed by atoms with Crippen molar-refractivity contribution in [2.45, 2.75) is 53.0 Å². The van der Waals surface area contributed by atoms with Crippen molar-refractivity contribution in [1.82, 2.24) is 4.90 Å². The van der Waals surface area contributed by atoms with Gasteiger partial charge >= 0.3 is 0 Å². The number of hydrogen-bond donors (Lipinski definition) is 0. The van der Waals surface area contributed by atoms with Crippen LogP contribution in [0.15, 0.2) is 0 Å². The summed E-state index contributed by atoms with van der Waals surface area (Å²) in [6, 6.07) is 0.651. The fraction of sp³-hybridized carbons (Fsp3) is 0.923. The predicted molar refractivity (Wildman–Crippen MR) is 63.9 cm³/mol. The number of hydrogen-bond acceptors (Lipinski definition) is 2. The Labute approximate surface area is 94.0 Å². The third-order valence-corrected chi connectivity index (χ3v) is 3.53. The van der Waals surface area contributed by atoms with Gasteiger partial charge in [-0.25, -0.2) is 0 Å². The zero-order valence-corrected chi connectivity index (χ0v) is 10.8. The fourth-order valence-electron chi connectivity index (χ4n) is 1.80. The monoisotopic (exact) mass is 211 g/mol. The molecule has 1 atom stereocenters. The third kappa shape index (κ3) is 3.94. The predicted octanol–water partition coefficient (Wildman–Crippen LogP) is 2.72. The summed E-state index contributed by atoms with van der Waals surface area (Å²) in [5, 5.41) is 0. The molecule has 1 rings (SSSR count). The summed E-state index contributed by atoms with van der Waals surface area (Å²) in [5.74, 6) is 1.26. The molecule has 1 aliphatic carbocycles. The average molecular weight is 211 g/mol. The molecule has 0 saturated heterocycles.